The van der Waals surface area contributed by atoms with Crippen molar-refractivity contribution in [3.05, 3.63) is 65.1 Å². The van der Waals surface area contributed by atoms with E-state index < -0.39 is 4.92 Å². The molecule has 0 saturated carbocycles. The standard InChI is InChI=1S/C15H9N5O3S/c21-20(22)11-3-5-12(6-4-11)23-15-18-19-9-13(17-14(19)24-15)10-2-1-7-16-8-10/h1-9H. The second-order valence-electron chi connectivity index (χ2n) is 4.82. The van der Waals surface area contributed by atoms with Gasteiger partial charge < -0.3 is 4.74 Å². The Morgan fingerprint density at radius 2 is 2.04 bits per heavy atom. The number of non-ortho nitro benzene ring substituents is 1. The van der Waals surface area contributed by atoms with Crippen LogP contribution in [0, 0.1) is 10.1 Å². The lowest BCUT2D eigenvalue weighted by Gasteiger charge is -1.99. The minimum absolute atomic E-state index is 0.0115. The van der Waals surface area contributed by atoms with Crippen LogP contribution in [-0.2, 0) is 0 Å². The van der Waals surface area contributed by atoms with Gasteiger partial charge in [0.2, 0.25) is 4.96 Å². The van der Waals surface area contributed by atoms with E-state index in [0.29, 0.717) is 15.9 Å². The van der Waals surface area contributed by atoms with E-state index in [0.717, 1.165) is 11.3 Å². The maximum absolute atomic E-state index is 10.6. The Hall–Kier alpha value is -3.33. The molecule has 0 saturated heterocycles. The van der Waals surface area contributed by atoms with Gasteiger partial charge in [-0.25, -0.2) is 9.50 Å². The van der Waals surface area contributed by atoms with E-state index in [2.05, 4.69) is 15.1 Å². The van der Waals surface area contributed by atoms with Crippen molar-refractivity contribution in [1.82, 2.24) is 19.6 Å². The average Bonchev–Trinajstić information content (AvgIpc) is 3.14. The van der Waals surface area contributed by atoms with Crippen molar-refractivity contribution in [1.29, 1.82) is 0 Å². The van der Waals surface area contributed by atoms with Crippen molar-refractivity contribution in [3.8, 4) is 22.2 Å². The molecule has 0 atom stereocenters. The van der Waals surface area contributed by atoms with Crippen molar-refractivity contribution in [2.24, 2.45) is 0 Å². The highest BCUT2D eigenvalue weighted by Crippen LogP contribution is 2.29. The minimum atomic E-state index is -0.457. The van der Waals surface area contributed by atoms with Crippen LogP contribution >= 0.6 is 11.3 Å². The molecule has 0 unspecified atom stereocenters. The van der Waals surface area contributed by atoms with Gasteiger partial charge in [-0.2, -0.15) is 0 Å². The fraction of sp³-hybridized carbons (Fsp3) is 0. The molecule has 8 nitrogen and oxygen atoms in total. The Morgan fingerprint density at radius 3 is 2.71 bits per heavy atom. The molecule has 3 heterocycles. The maximum Gasteiger partial charge on any atom is 0.299 e. The minimum Gasteiger partial charge on any atom is -0.430 e. The number of ether oxygens (including phenoxy) is 1. The Kier molecular flexibility index (Phi) is 3.39. The van der Waals surface area contributed by atoms with E-state index in [4.69, 9.17) is 4.74 Å². The first-order chi connectivity index (χ1) is 11.7. The number of hydrogen-bond acceptors (Lipinski definition) is 7. The molecular formula is C15H9N5O3S. The van der Waals surface area contributed by atoms with Crippen LogP contribution in [0.2, 0.25) is 0 Å². The molecule has 4 aromatic rings. The van der Waals surface area contributed by atoms with Gasteiger partial charge in [-0.05, 0) is 35.6 Å². The number of rotatable bonds is 4. The summed E-state index contributed by atoms with van der Waals surface area (Å²) in [5.74, 6) is 0.477. The zero-order chi connectivity index (χ0) is 16.5. The average molecular weight is 339 g/mol. The largest absolute Gasteiger partial charge is 0.430 e. The van der Waals surface area contributed by atoms with Crippen LogP contribution in [0.5, 0.6) is 10.9 Å². The number of nitro groups is 1. The molecule has 4 rings (SSSR count). The molecule has 0 spiro atoms. The first kappa shape index (κ1) is 14.3. The third-order valence-electron chi connectivity index (χ3n) is 3.23. The summed E-state index contributed by atoms with van der Waals surface area (Å²) in [5.41, 5.74) is 1.70. The quantitative estimate of drug-likeness (QED) is 0.417. The van der Waals surface area contributed by atoms with E-state index in [1.165, 1.54) is 35.6 Å². The predicted octanol–water partition coefficient (Wildman–Crippen LogP) is 3.55. The number of nitro benzene ring substituents is 1. The Balaban J connectivity index is 1.57. The molecule has 1 aromatic carbocycles. The van der Waals surface area contributed by atoms with Gasteiger partial charge in [0.05, 0.1) is 16.8 Å². The molecule has 118 valence electrons. The van der Waals surface area contributed by atoms with Crippen molar-refractivity contribution >= 4 is 22.0 Å². The highest BCUT2D eigenvalue weighted by Gasteiger charge is 2.12. The Labute approximate surface area is 139 Å². The third kappa shape index (κ3) is 2.68. The molecular weight excluding hydrogens is 330 g/mol. The summed E-state index contributed by atoms with van der Waals surface area (Å²) in [6, 6.07) is 9.60. The monoisotopic (exact) mass is 339 g/mol. The maximum atomic E-state index is 10.6. The highest BCUT2D eigenvalue weighted by molar-refractivity contribution is 7.18. The van der Waals surface area contributed by atoms with Crippen molar-refractivity contribution in [2.45, 2.75) is 0 Å². The van der Waals surface area contributed by atoms with Gasteiger partial charge in [-0.3, -0.25) is 15.1 Å². The van der Waals surface area contributed by atoms with Gasteiger partial charge in [0.1, 0.15) is 5.75 Å². The van der Waals surface area contributed by atoms with Crippen LogP contribution in [0.25, 0.3) is 16.2 Å². The summed E-state index contributed by atoms with van der Waals surface area (Å²) in [6.07, 6.45) is 5.24. The molecule has 24 heavy (non-hydrogen) atoms. The third-order valence-corrected chi connectivity index (χ3v) is 4.04. The van der Waals surface area contributed by atoms with Crippen molar-refractivity contribution in [2.75, 3.05) is 0 Å². The van der Waals surface area contributed by atoms with Gasteiger partial charge >= 0.3 is 0 Å². The molecule has 0 N–H and O–H groups in total. The van der Waals surface area contributed by atoms with Crippen molar-refractivity contribution in [3.63, 3.8) is 0 Å². The van der Waals surface area contributed by atoms with E-state index in [-0.39, 0.29) is 5.69 Å². The molecule has 9 heteroatoms. The molecule has 0 bridgehead atoms. The van der Waals surface area contributed by atoms with E-state index in [1.807, 2.05) is 12.1 Å². The van der Waals surface area contributed by atoms with Crippen LogP contribution in [0.15, 0.2) is 55.0 Å². The zero-order valence-corrected chi connectivity index (χ0v) is 12.9. The molecule has 0 aliphatic carbocycles. The van der Waals surface area contributed by atoms with Crippen LogP contribution in [0.4, 0.5) is 5.69 Å². The number of nitrogens with zero attached hydrogens (tertiary/aromatic N) is 5. The summed E-state index contributed by atoms with van der Waals surface area (Å²) in [5, 5.41) is 15.4. The number of fused-ring (bicyclic) bond motifs is 1. The van der Waals surface area contributed by atoms with E-state index >= 15 is 0 Å². The van der Waals surface area contributed by atoms with Crippen molar-refractivity contribution < 1.29 is 9.66 Å². The summed E-state index contributed by atoms with van der Waals surface area (Å²) in [4.78, 5) is 19.4. The van der Waals surface area contributed by atoms with Gasteiger partial charge in [0, 0.05) is 30.1 Å². The number of pyridine rings is 1. The number of aromatic nitrogens is 4. The lowest BCUT2D eigenvalue weighted by Crippen LogP contribution is -1.89. The number of hydrogen-bond donors (Lipinski definition) is 0. The second-order valence-corrected chi connectivity index (χ2v) is 5.73. The fourth-order valence-electron chi connectivity index (χ4n) is 2.11. The molecule has 0 radical (unpaired) electrons. The summed E-state index contributed by atoms with van der Waals surface area (Å²) < 4.78 is 7.25. The molecule has 3 aromatic heterocycles. The summed E-state index contributed by atoms with van der Waals surface area (Å²) in [7, 11) is 0. The zero-order valence-electron chi connectivity index (χ0n) is 12.1. The van der Waals surface area contributed by atoms with E-state index in [9.17, 15) is 10.1 Å². The lowest BCUT2D eigenvalue weighted by molar-refractivity contribution is -0.384. The molecule has 0 fully saturated rings. The lowest BCUT2D eigenvalue weighted by atomic mass is 10.2. The first-order valence-electron chi connectivity index (χ1n) is 6.88. The summed E-state index contributed by atoms with van der Waals surface area (Å²) >= 11 is 1.28. The smallest absolute Gasteiger partial charge is 0.299 e. The van der Waals surface area contributed by atoms with Crippen LogP contribution in [0.3, 0.4) is 0 Å². The Morgan fingerprint density at radius 1 is 1.21 bits per heavy atom. The molecule has 0 amide bonds. The topological polar surface area (TPSA) is 95.5 Å². The number of imidazole rings is 1. The summed E-state index contributed by atoms with van der Waals surface area (Å²) in [6.45, 7) is 0. The normalized spacial score (nSPS) is 10.8. The van der Waals surface area contributed by atoms with E-state index in [1.54, 1.807) is 23.1 Å². The number of benzene rings is 1. The van der Waals surface area contributed by atoms with Crippen LogP contribution < -0.4 is 4.74 Å². The van der Waals surface area contributed by atoms with Crippen LogP contribution in [-0.4, -0.2) is 24.5 Å². The van der Waals surface area contributed by atoms with Gasteiger partial charge in [-0.1, -0.05) is 0 Å². The predicted molar refractivity (Wildman–Crippen MR) is 87.3 cm³/mol. The van der Waals surface area contributed by atoms with Gasteiger partial charge in [-0.15, -0.1) is 5.10 Å². The highest BCUT2D eigenvalue weighted by atomic mass is 32.1. The second kappa shape index (κ2) is 5.70. The molecule has 0 aliphatic rings. The molecule has 0 aliphatic heterocycles. The van der Waals surface area contributed by atoms with Gasteiger partial charge in [0.15, 0.2) is 0 Å². The first-order valence-corrected chi connectivity index (χ1v) is 7.69. The Bertz CT molecular complexity index is 979. The fourth-order valence-corrected chi connectivity index (χ4v) is 2.87. The van der Waals surface area contributed by atoms with Gasteiger partial charge in [0.25, 0.3) is 10.9 Å². The van der Waals surface area contributed by atoms with Crippen LogP contribution in [0.1, 0.15) is 0 Å². The SMILES string of the molecule is O=[N+]([O-])c1ccc(Oc2nn3cc(-c4cccnc4)nc3s2)cc1.